The molecule has 1 fully saturated rings. The summed E-state index contributed by atoms with van der Waals surface area (Å²) in [4.78, 5) is 47.2. The summed E-state index contributed by atoms with van der Waals surface area (Å²) in [6.07, 6.45) is 1.59. The minimum absolute atomic E-state index is 0.0737. The van der Waals surface area contributed by atoms with Crippen LogP contribution in [0.15, 0.2) is 51.6 Å². The molecular formula is C27H33N3O6S. The average Bonchev–Trinajstić information content (AvgIpc) is 3.29. The van der Waals surface area contributed by atoms with E-state index in [0.717, 1.165) is 24.1 Å². The number of benzene rings is 1. The number of piperidine rings is 1. The number of methoxy groups -OCH3 is 1. The standard InChI is InChI=1S/C27H33N3O6S/c1-5-35-25(32)19-10-8-12-29(15-19)22(31)14-20-16-37-27-28-17(3)23(26(33)36-6-2)24(30(20)27)18-9-7-11-21(13-18)34-4/h7,9,11,13,16,19,24H,5-6,8,10,12,14-15H2,1-4H3/t19-,24-/m0/s1. The van der Waals surface area contributed by atoms with Crippen LogP contribution in [-0.2, 0) is 23.9 Å². The number of allylic oxidation sites excluding steroid dienone is 1. The van der Waals surface area contributed by atoms with Gasteiger partial charge in [-0.25, -0.2) is 9.79 Å². The summed E-state index contributed by atoms with van der Waals surface area (Å²) >= 11 is 1.43. The fraction of sp³-hybridized carbons (Fsp3) is 0.481. The third-order valence-electron chi connectivity index (χ3n) is 6.63. The van der Waals surface area contributed by atoms with Gasteiger partial charge in [0.15, 0.2) is 5.17 Å². The molecule has 0 N–H and O–H groups in total. The Morgan fingerprint density at radius 3 is 2.68 bits per heavy atom. The van der Waals surface area contributed by atoms with Gasteiger partial charge in [-0.05, 0) is 56.7 Å². The van der Waals surface area contributed by atoms with E-state index < -0.39 is 12.0 Å². The van der Waals surface area contributed by atoms with Gasteiger partial charge in [0.25, 0.3) is 0 Å². The lowest BCUT2D eigenvalue weighted by molar-refractivity contribution is -0.151. The van der Waals surface area contributed by atoms with Gasteiger partial charge in [-0.3, -0.25) is 9.59 Å². The zero-order valence-electron chi connectivity index (χ0n) is 21.7. The molecular weight excluding hydrogens is 494 g/mol. The maximum Gasteiger partial charge on any atom is 0.338 e. The Morgan fingerprint density at radius 1 is 1.16 bits per heavy atom. The molecule has 3 aliphatic rings. The number of ether oxygens (including phenoxy) is 3. The SMILES string of the molecule is CCOC(=O)C1=C(C)N=C2SC=C(CC(=O)N3CCC[C@H](C(=O)OCC)C3)N2[C@H]1c1cccc(OC)c1. The van der Waals surface area contributed by atoms with E-state index in [9.17, 15) is 14.4 Å². The van der Waals surface area contributed by atoms with Crippen molar-refractivity contribution >= 4 is 34.8 Å². The van der Waals surface area contributed by atoms with Gasteiger partial charge in [0.05, 0.1) is 50.0 Å². The highest BCUT2D eigenvalue weighted by atomic mass is 32.2. The summed E-state index contributed by atoms with van der Waals surface area (Å²) in [5, 5.41) is 2.61. The van der Waals surface area contributed by atoms with Crippen molar-refractivity contribution in [2.45, 2.75) is 46.1 Å². The van der Waals surface area contributed by atoms with E-state index in [1.807, 2.05) is 34.6 Å². The first kappa shape index (κ1) is 26.8. The topological polar surface area (TPSA) is 97.7 Å². The van der Waals surface area contributed by atoms with Crippen molar-refractivity contribution in [2.75, 3.05) is 33.4 Å². The van der Waals surface area contributed by atoms with Crippen LogP contribution in [0.2, 0.25) is 0 Å². The summed E-state index contributed by atoms with van der Waals surface area (Å²) in [5.74, 6) is -0.405. The Labute approximate surface area is 221 Å². The normalized spacial score (nSPS) is 21.2. The van der Waals surface area contributed by atoms with Gasteiger partial charge in [0.2, 0.25) is 5.91 Å². The van der Waals surface area contributed by atoms with Crippen LogP contribution in [0, 0.1) is 5.92 Å². The van der Waals surface area contributed by atoms with Crippen LogP contribution in [0.3, 0.4) is 0 Å². The third-order valence-corrected chi connectivity index (χ3v) is 7.52. The van der Waals surface area contributed by atoms with Crippen LogP contribution in [0.25, 0.3) is 0 Å². The number of hydrogen-bond donors (Lipinski definition) is 0. The van der Waals surface area contributed by atoms with Gasteiger partial charge >= 0.3 is 11.9 Å². The smallest absolute Gasteiger partial charge is 0.338 e. The fourth-order valence-electron chi connectivity index (χ4n) is 4.89. The number of likely N-dealkylation sites (tertiary alicyclic amines) is 1. The molecule has 1 amide bonds. The maximum absolute atomic E-state index is 13.4. The number of amidine groups is 1. The number of nitrogens with zero attached hydrogens (tertiary/aromatic N) is 3. The predicted molar refractivity (Wildman–Crippen MR) is 141 cm³/mol. The summed E-state index contributed by atoms with van der Waals surface area (Å²) in [7, 11) is 1.60. The summed E-state index contributed by atoms with van der Waals surface area (Å²) in [6.45, 7) is 6.87. The van der Waals surface area contributed by atoms with Crippen molar-refractivity contribution in [1.82, 2.24) is 9.80 Å². The molecule has 9 nitrogen and oxygen atoms in total. The molecule has 0 saturated carbocycles. The largest absolute Gasteiger partial charge is 0.497 e. The van der Waals surface area contributed by atoms with E-state index >= 15 is 0 Å². The lowest BCUT2D eigenvalue weighted by Gasteiger charge is -2.37. The number of aliphatic imine (C=N–C) groups is 1. The van der Waals surface area contributed by atoms with E-state index in [1.165, 1.54) is 11.8 Å². The first-order chi connectivity index (χ1) is 17.9. The van der Waals surface area contributed by atoms with Crippen molar-refractivity contribution in [3.8, 4) is 5.75 Å². The Bertz CT molecular complexity index is 1160. The quantitative estimate of drug-likeness (QED) is 0.468. The van der Waals surface area contributed by atoms with Gasteiger partial charge in [-0.15, -0.1) is 0 Å². The van der Waals surface area contributed by atoms with Crippen LogP contribution < -0.4 is 4.74 Å². The molecule has 4 rings (SSSR count). The second kappa shape index (κ2) is 11.9. The molecule has 2 atom stereocenters. The van der Waals surface area contributed by atoms with Crippen molar-refractivity contribution in [3.63, 3.8) is 0 Å². The minimum Gasteiger partial charge on any atom is -0.497 e. The molecule has 0 aromatic heterocycles. The van der Waals surface area contributed by atoms with E-state index in [4.69, 9.17) is 14.2 Å². The maximum atomic E-state index is 13.4. The molecule has 0 aliphatic carbocycles. The number of carbonyl (C=O) groups is 3. The third kappa shape index (κ3) is 5.69. The first-order valence-electron chi connectivity index (χ1n) is 12.6. The van der Waals surface area contributed by atoms with E-state index in [2.05, 4.69) is 4.99 Å². The number of amides is 1. The summed E-state index contributed by atoms with van der Waals surface area (Å²) in [5.41, 5.74) is 2.59. The van der Waals surface area contributed by atoms with Gasteiger partial charge in [0, 0.05) is 18.8 Å². The molecule has 3 heterocycles. The van der Waals surface area contributed by atoms with Crippen molar-refractivity contribution < 1.29 is 28.6 Å². The van der Waals surface area contributed by atoms with Crippen LogP contribution in [-0.4, -0.2) is 66.2 Å². The highest BCUT2D eigenvalue weighted by Gasteiger charge is 2.42. The molecule has 0 spiro atoms. The number of rotatable bonds is 8. The second-order valence-electron chi connectivity index (χ2n) is 9.00. The van der Waals surface area contributed by atoms with Crippen molar-refractivity contribution in [3.05, 3.63) is 52.2 Å². The number of thioether (sulfide) groups is 1. The van der Waals surface area contributed by atoms with E-state index in [1.54, 1.807) is 32.8 Å². The number of hydrogen-bond acceptors (Lipinski definition) is 9. The first-order valence-corrected chi connectivity index (χ1v) is 13.5. The number of carbonyl (C=O) groups excluding carboxylic acids is 3. The van der Waals surface area contributed by atoms with Gasteiger partial charge in [-0.2, -0.15) is 0 Å². The van der Waals surface area contributed by atoms with Crippen molar-refractivity contribution in [2.24, 2.45) is 10.9 Å². The van der Waals surface area contributed by atoms with Gasteiger partial charge < -0.3 is 24.0 Å². The highest BCUT2D eigenvalue weighted by molar-refractivity contribution is 8.16. The molecule has 3 aliphatic heterocycles. The van der Waals surface area contributed by atoms with Crippen LogP contribution in [0.5, 0.6) is 5.75 Å². The monoisotopic (exact) mass is 527 g/mol. The van der Waals surface area contributed by atoms with Crippen LogP contribution >= 0.6 is 11.8 Å². The van der Waals surface area contributed by atoms with Crippen LogP contribution in [0.1, 0.15) is 51.6 Å². The summed E-state index contributed by atoms with van der Waals surface area (Å²) in [6, 6.07) is 7.01. The molecule has 1 aromatic carbocycles. The second-order valence-corrected chi connectivity index (χ2v) is 9.83. The van der Waals surface area contributed by atoms with Gasteiger partial charge in [-0.1, -0.05) is 23.9 Å². The molecule has 0 bridgehead atoms. The molecule has 1 saturated heterocycles. The average molecular weight is 528 g/mol. The minimum atomic E-state index is -0.524. The van der Waals surface area contributed by atoms with Crippen LogP contribution in [0.4, 0.5) is 0 Å². The molecule has 0 radical (unpaired) electrons. The van der Waals surface area contributed by atoms with Gasteiger partial charge in [0.1, 0.15) is 5.75 Å². The Kier molecular flexibility index (Phi) is 8.58. The zero-order valence-corrected chi connectivity index (χ0v) is 22.5. The molecule has 0 unspecified atom stereocenters. The fourth-order valence-corrected chi connectivity index (χ4v) is 5.85. The molecule has 1 aromatic rings. The van der Waals surface area contributed by atoms with E-state index in [-0.39, 0.29) is 30.8 Å². The summed E-state index contributed by atoms with van der Waals surface area (Å²) < 4.78 is 16.0. The lowest BCUT2D eigenvalue weighted by atomic mass is 9.93. The van der Waals surface area contributed by atoms with Crippen molar-refractivity contribution in [1.29, 1.82) is 0 Å². The molecule has 37 heavy (non-hydrogen) atoms. The lowest BCUT2D eigenvalue weighted by Crippen LogP contribution is -2.44. The zero-order chi connectivity index (χ0) is 26.5. The number of fused-ring (bicyclic) bond motifs is 1. The number of esters is 2. The Balaban J connectivity index is 1.62. The Hall–Kier alpha value is -3.27. The Morgan fingerprint density at radius 2 is 1.95 bits per heavy atom. The molecule has 198 valence electrons. The molecule has 10 heteroatoms. The highest BCUT2D eigenvalue weighted by Crippen LogP contribution is 2.45. The van der Waals surface area contributed by atoms with E-state index in [0.29, 0.717) is 41.9 Å². The predicted octanol–water partition coefficient (Wildman–Crippen LogP) is 4.03.